The van der Waals surface area contributed by atoms with Crippen molar-refractivity contribution < 1.29 is 0 Å². The number of aliphatic imine (C=N–C) groups is 1. The van der Waals surface area contributed by atoms with Crippen LogP contribution in [-0.4, -0.2) is 32.3 Å². The maximum atomic E-state index is 4.68. The first-order chi connectivity index (χ1) is 13.2. The summed E-state index contributed by atoms with van der Waals surface area (Å²) < 4.78 is 1.96. The molecule has 3 aromatic rings. The van der Waals surface area contributed by atoms with E-state index in [1.165, 1.54) is 9.75 Å². The third-order valence-electron chi connectivity index (χ3n) is 4.15. The van der Waals surface area contributed by atoms with E-state index in [1.54, 1.807) is 22.7 Å². The Kier molecular flexibility index (Phi) is 9.32. The van der Waals surface area contributed by atoms with Crippen molar-refractivity contribution >= 4 is 52.6 Å². The van der Waals surface area contributed by atoms with Gasteiger partial charge in [-0.3, -0.25) is 0 Å². The Bertz CT molecular complexity index is 871. The van der Waals surface area contributed by atoms with Gasteiger partial charge in [-0.1, -0.05) is 13.0 Å². The first kappa shape index (κ1) is 22.8. The number of thiazole rings is 1. The van der Waals surface area contributed by atoms with Gasteiger partial charge in [0, 0.05) is 36.0 Å². The summed E-state index contributed by atoms with van der Waals surface area (Å²) in [6, 6.07) is 4.17. The predicted molar refractivity (Wildman–Crippen MR) is 127 cm³/mol. The molecule has 28 heavy (non-hydrogen) atoms. The second kappa shape index (κ2) is 11.5. The molecule has 7 nitrogen and oxygen atoms in total. The highest BCUT2D eigenvalue weighted by molar-refractivity contribution is 14.0. The quantitative estimate of drug-likeness (QED) is 0.265. The second-order valence-corrected chi connectivity index (χ2v) is 8.30. The molecule has 0 bridgehead atoms. The van der Waals surface area contributed by atoms with Gasteiger partial charge >= 0.3 is 0 Å². The van der Waals surface area contributed by atoms with E-state index in [9.17, 15) is 0 Å². The number of halogens is 1. The lowest BCUT2D eigenvalue weighted by Gasteiger charge is -2.11. The molecule has 10 heteroatoms. The number of nitrogens with one attached hydrogen (secondary N) is 2. The number of guanidine groups is 1. The SMILES string of the molecule is CCc1cnc(CCNC(=NCc2nnc(C)n2C)NCc2cccs2)s1.I. The zero-order valence-electron chi connectivity index (χ0n) is 16.3. The molecule has 0 radical (unpaired) electrons. The Morgan fingerprint density at radius 1 is 1.25 bits per heavy atom. The molecule has 0 aliphatic rings. The number of aryl methyl sites for hydroxylation is 2. The second-order valence-electron chi connectivity index (χ2n) is 6.07. The molecule has 0 saturated carbocycles. The maximum Gasteiger partial charge on any atom is 0.192 e. The number of rotatable bonds is 8. The van der Waals surface area contributed by atoms with E-state index in [1.807, 2.05) is 24.7 Å². The molecular formula is C18H26IN7S2. The lowest BCUT2D eigenvalue weighted by molar-refractivity contribution is 0.749. The van der Waals surface area contributed by atoms with Crippen LogP contribution in [-0.2, 0) is 33.0 Å². The first-order valence-electron chi connectivity index (χ1n) is 8.98. The molecule has 0 amide bonds. The monoisotopic (exact) mass is 531 g/mol. The molecule has 0 fully saturated rings. The molecule has 0 spiro atoms. The maximum absolute atomic E-state index is 4.68. The fourth-order valence-corrected chi connectivity index (χ4v) is 3.92. The van der Waals surface area contributed by atoms with Crippen LogP contribution in [0.2, 0.25) is 0 Å². The van der Waals surface area contributed by atoms with Gasteiger partial charge in [-0.05, 0) is 24.8 Å². The fraction of sp³-hybridized carbons (Fsp3) is 0.444. The Hall–Kier alpha value is -1.53. The van der Waals surface area contributed by atoms with Crippen LogP contribution in [0.4, 0.5) is 0 Å². The minimum absolute atomic E-state index is 0. The normalized spacial score (nSPS) is 11.3. The van der Waals surface area contributed by atoms with Gasteiger partial charge in [0.05, 0.1) is 11.6 Å². The minimum atomic E-state index is 0. The average molecular weight is 531 g/mol. The minimum Gasteiger partial charge on any atom is -0.356 e. The van der Waals surface area contributed by atoms with Crippen LogP contribution in [0.25, 0.3) is 0 Å². The van der Waals surface area contributed by atoms with E-state index in [4.69, 9.17) is 0 Å². The third kappa shape index (κ3) is 6.52. The first-order valence-corrected chi connectivity index (χ1v) is 10.7. The molecule has 0 saturated heterocycles. The average Bonchev–Trinajstić information content (AvgIpc) is 3.41. The molecule has 0 atom stereocenters. The van der Waals surface area contributed by atoms with Crippen LogP contribution in [0.15, 0.2) is 28.7 Å². The van der Waals surface area contributed by atoms with Gasteiger partial charge in [-0.25, -0.2) is 9.98 Å². The fourth-order valence-electron chi connectivity index (χ4n) is 2.41. The highest BCUT2D eigenvalue weighted by Gasteiger charge is 2.06. The molecule has 0 aromatic carbocycles. The van der Waals surface area contributed by atoms with Crippen molar-refractivity contribution in [2.75, 3.05) is 6.54 Å². The van der Waals surface area contributed by atoms with E-state index >= 15 is 0 Å². The summed E-state index contributed by atoms with van der Waals surface area (Å²) >= 11 is 3.51. The van der Waals surface area contributed by atoms with Crippen LogP contribution >= 0.6 is 46.7 Å². The summed E-state index contributed by atoms with van der Waals surface area (Å²) in [5, 5.41) is 18.3. The van der Waals surface area contributed by atoms with Crippen LogP contribution in [0.5, 0.6) is 0 Å². The Labute approximate surface area is 190 Å². The van der Waals surface area contributed by atoms with Gasteiger partial charge in [0.15, 0.2) is 11.8 Å². The Balaban J connectivity index is 0.00000280. The summed E-state index contributed by atoms with van der Waals surface area (Å²) in [5.41, 5.74) is 0. The number of aromatic nitrogens is 4. The van der Waals surface area contributed by atoms with Crippen molar-refractivity contribution in [3.63, 3.8) is 0 Å². The van der Waals surface area contributed by atoms with Crippen molar-refractivity contribution in [1.29, 1.82) is 0 Å². The van der Waals surface area contributed by atoms with Gasteiger partial charge in [0.25, 0.3) is 0 Å². The smallest absolute Gasteiger partial charge is 0.192 e. The standard InChI is InChI=1S/C18H25N7S2.HI/c1-4-14-10-20-17(27-14)7-8-19-18(21-11-15-6-5-9-26-15)22-12-16-24-23-13(2)25(16)3;/h5-6,9-10H,4,7-8,11-12H2,1-3H3,(H2,19,21,22);1H. The van der Waals surface area contributed by atoms with Crippen LogP contribution in [0.1, 0.15) is 33.3 Å². The highest BCUT2D eigenvalue weighted by Crippen LogP contribution is 2.13. The summed E-state index contributed by atoms with van der Waals surface area (Å²) in [5.74, 6) is 2.50. The van der Waals surface area contributed by atoms with Crippen molar-refractivity contribution in [3.05, 3.63) is 50.1 Å². The van der Waals surface area contributed by atoms with E-state index in [2.05, 4.69) is 55.2 Å². The third-order valence-corrected chi connectivity index (χ3v) is 6.23. The van der Waals surface area contributed by atoms with Crippen LogP contribution < -0.4 is 10.6 Å². The van der Waals surface area contributed by atoms with Crippen molar-refractivity contribution in [1.82, 2.24) is 30.4 Å². The Morgan fingerprint density at radius 3 is 2.75 bits per heavy atom. The summed E-state index contributed by atoms with van der Waals surface area (Å²) in [6.45, 7) is 6.10. The zero-order valence-corrected chi connectivity index (χ0v) is 20.3. The molecule has 3 heterocycles. The molecule has 0 unspecified atom stereocenters. The van der Waals surface area contributed by atoms with Crippen LogP contribution in [0.3, 0.4) is 0 Å². The number of hydrogen-bond acceptors (Lipinski definition) is 6. The molecular weight excluding hydrogens is 505 g/mol. The van der Waals surface area contributed by atoms with Crippen LogP contribution in [0, 0.1) is 6.92 Å². The summed E-state index contributed by atoms with van der Waals surface area (Å²) in [7, 11) is 1.96. The largest absolute Gasteiger partial charge is 0.356 e. The molecule has 152 valence electrons. The topological polar surface area (TPSA) is 80.0 Å². The van der Waals surface area contributed by atoms with E-state index in [0.29, 0.717) is 6.54 Å². The Morgan fingerprint density at radius 2 is 2.11 bits per heavy atom. The summed E-state index contributed by atoms with van der Waals surface area (Å²) in [6.07, 6.45) is 3.89. The van der Waals surface area contributed by atoms with Crippen molar-refractivity contribution in [2.45, 2.75) is 39.8 Å². The number of hydrogen-bond donors (Lipinski definition) is 2. The van der Waals surface area contributed by atoms with Gasteiger partial charge in [-0.15, -0.1) is 56.8 Å². The highest BCUT2D eigenvalue weighted by atomic mass is 127. The zero-order chi connectivity index (χ0) is 19.1. The van der Waals surface area contributed by atoms with E-state index < -0.39 is 0 Å². The number of thiophene rings is 1. The summed E-state index contributed by atoms with van der Waals surface area (Å²) in [4.78, 5) is 11.8. The van der Waals surface area contributed by atoms with E-state index in [-0.39, 0.29) is 24.0 Å². The molecule has 3 rings (SSSR count). The van der Waals surface area contributed by atoms with Crippen molar-refractivity contribution in [3.8, 4) is 0 Å². The molecule has 2 N–H and O–H groups in total. The van der Waals surface area contributed by atoms with E-state index in [0.717, 1.165) is 48.5 Å². The van der Waals surface area contributed by atoms with Gasteiger partial charge < -0.3 is 15.2 Å². The molecule has 3 aromatic heterocycles. The predicted octanol–water partition coefficient (Wildman–Crippen LogP) is 3.30. The number of nitrogens with zero attached hydrogens (tertiary/aromatic N) is 5. The lowest BCUT2D eigenvalue weighted by Crippen LogP contribution is -2.38. The lowest BCUT2D eigenvalue weighted by atomic mass is 10.4. The van der Waals surface area contributed by atoms with Gasteiger partial charge in [-0.2, -0.15) is 0 Å². The van der Waals surface area contributed by atoms with Gasteiger partial charge in [0.1, 0.15) is 12.4 Å². The van der Waals surface area contributed by atoms with Gasteiger partial charge in [0.2, 0.25) is 0 Å². The molecule has 0 aliphatic heterocycles. The molecule has 0 aliphatic carbocycles. The van der Waals surface area contributed by atoms with Crippen molar-refractivity contribution in [2.24, 2.45) is 12.0 Å².